The summed E-state index contributed by atoms with van der Waals surface area (Å²) >= 11 is -5.25. The van der Waals surface area contributed by atoms with Crippen molar-refractivity contribution in [3.8, 4) is 0 Å². The van der Waals surface area contributed by atoms with Crippen molar-refractivity contribution >= 4 is 7.82 Å². The molecule has 3 N–H and O–H groups in total. The van der Waals surface area contributed by atoms with Crippen LogP contribution < -0.4 is 68.9 Å². The van der Waals surface area contributed by atoms with Gasteiger partial charge in [-0.25, -0.2) is 0 Å². The normalized spacial score (nSPS) is 9.75. The van der Waals surface area contributed by atoms with Crippen molar-refractivity contribution < 1.29 is 108 Å². The van der Waals surface area contributed by atoms with Gasteiger partial charge in [-0.05, 0) is 0 Å². The molecule has 0 amide bonds. The first-order valence-corrected chi connectivity index (χ1v) is 5.12. The zero-order chi connectivity index (χ0) is 9.00. The van der Waals surface area contributed by atoms with E-state index in [0.29, 0.717) is 0 Å². The minimum absolute atomic E-state index is 0. The van der Waals surface area contributed by atoms with Gasteiger partial charge < -0.3 is 19.2 Å². The van der Waals surface area contributed by atoms with E-state index in [9.17, 15) is 0 Å². The molecule has 0 atom stereocenters. The maximum atomic E-state index is 8.82. The molecule has 0 saturated carbocycles. The van der Waals surface area contributed by atoms with Gasteiger partial charge in [0.05, 0.1) is 7.82 Å². The fourth-order valence-corrected chi connectivity index (χ4v) is 0. The summed E-state index contributed by atoms with van der Waals surface area (Å²) < 4.78 is 40.5. The Morgan fingerprint density at radius 3 is 1.08 bits per heavy atom. The first-order chi connectivity index (χ1) is 4.00. The average Bonchev–Trinajstić information content (AvgIpc) is 1.12. The Morgan fingerprint density at radius 1 is 1.08 bits per heavy atom. The van der Waals surface area contributed by atoms with Crippen molar-refractivity contribution in [3.63, 3.8) is 0 Å². The van der Waals surface area contributed by atoms with Crippen molar-refractivity contribution in [1.29, 1.82) is 0 Å². The second kappa shape index (κ2) is 9.71. The molecule has 0 rings (SSSR count). The van der Waals surface area contributed by atoms with E-state index >= 15 is 0 Å². The third kappa shape index (κ3) is 324. The van der Waals surface area contributed by atoms with Gasteiger partial charge in [-0.3, -0.25) is 0 Å². The van der Waals surface area contributed by atoms with Crippen LogP contribution >= 0.6 is 7.82 Å². The number of phosphoric acid groups is 1. The summed E-state index contributed by atoms with van der Waals surface area (Å²) in [7, 11) is -5.14. The fourth-order valence-electron chi connectivity index (χ4n) is 0. The molecule has 0 spiro atoms. The van der Waals surface area contributed by atoms with Gasteiger partial charge in [0.15, 0.2) is 0 Å². The summed E-state index contributed by atoms with van der Waals surface area (Å²) in [4.78, 5) is 24.3. The molecular weight excluding hydrogens is 257 g/mol. The van der Waals surface area contributed by atoms with E-state index in [2.05, 4.69) is 0 Å². The second-order valence-corrected chi connectivity index (χ2v) is 3.25. The van der Waals surface area contributed by atoms with E-state index in [1.165, 1.54) is 0 Å². The van der Waals surface area contributed by atoms with Gasteiger partial charge in [0, 0.05) is 0 Å². The number of hydrogen-bond acceptors (Lipinski definition) is 5. The number of rotatable bonds is 0. The van der Waals surface area contributed by atoms with Gasteiger partial charge >= 0.3 is 88.7 Å². The van der Waals surface area contributed by atoms with Gasteiger partial charge in [0.2, 0.25) is 0 Å². The van der Waals surface area contributed by atoms with Crippen LogP contribution in [-0.2, 0) is 25.8 Å². The number of hydrogen-bond donors (Lipinski definition) is 3. The van der Waals surface area contributed by atoms with Crippen LogP contribution in [0.3, 0.4) is 0 Å². The van der Waals surface area contributed by atoms with Gasteiger partial charge in [-0.15, -0.1) is 0 Å². The third-order valence-electron chi connectivity index (χ3n) is 0. The van der Waals surface area contributed by atoms with Crippen LogP contribution in [0.5, 0.6) is 0 Å². The Labute approximate surface area is 114 Å². The topological polar surface area (TPSA) is 158 Å². The summed E-state index contributed by atoms with van der Waals surface area (Å²) in [6, 6.07) is 0. The fraction of sp³-hybridized carbons (Fsp3) is 0. The molecule has 0 aliphatic carbocycles. The van der Waals surface area contributed by atoms with E-state index < -0.39 is 21.4 Å². The van der Waals surface area contributed by atoms with Gasteiger partial charge in [0.25, 0.3) is 0 Å². The van der Waals surface area contributed by atoms with Crippen LogP contribution in [0.2, 0.25) is 0 Å². The molecular formula is H3CrNa2O8P. The van der Waals surface area contributed by atoms with Crippen LogP contribution in [0.15, 0.2) is 0 Å². The zero-order valence-electron chi connectivity index (χ0n) is 6.24. The standard InChI is InChI=1S/Cr.2Na.H3O4P.2H2O.2O/c;;;1-5(2,3)4;;;;/h;;;(H3,1,2,3,4);2*1H2;;/q+2;2*+1;;;;;/p-4. The summed E-state index contributed by atoms with van der Waals surface area (Å²) in [5.41, 5.74) is 0. The molecule has 0 aromatic carbocycles. The predicted molar refractivity (Wildman–Crippen MR) is 15.6 cm³/mol. The van der Waals surface area contributed by atoms with Gasteiger partial charge in [-0.2, -0.15) is 0 Å². The van der Waals surface area contributed by atoms with E-state index in [1.807, 2.05) is 0 Å². The summed E-state index contributed by atoms with van der Waals surface area (Å²) in [5, 5.41) is 0. The molecule has 0 aromatic rings. The SMILES string of the molecule is O=P([O-])([O-])O.[Na+].[Na+].[O]=[Cr](=[O])([OH])[OH]. The molecule has 0 radical (unpaired) electrons. The summed E-state index contributed by atoms with van der Waals surface area (Å²) in [6.45, 7) is 0. The third-order valence-corrected chi connectivity index (χ3v) is 0. The molecule has 0 saturated heterocycles. The van der Waals surface area contributed by atoms with Crippen LogP contribution in [-0.4, -0.2) is 13.2 Å². The molecule has 0 bridgehead atoms. The quantitative estimate of drug-likeness (QED) is 0.286. The Bertz CT molecular complexity index is 195. The summed E-state index contributed by atoms with van der Waals surface area (Å²) in [5.74, 6) is 0. The van der Waals surface area contributed by atoms with Gasteiger partial charge in [0.1, 0.15) is 0 Å². The molecule has 64 valence electrons. The maximum absolute atomic E-state index is 8.82. The molecule has 0 fully saturated rings. The van der Waals surface area contributed by atoms with Crippen molar-refractivity contribution in [3.05, 3.63) is 0 Å². The second-order valence-electron chi connectivity index (χ2n) is 0.916. The Morgan fingerprint density at radius 2 is 1.08 bits per heavy atom. The van der Waals surface area contributed by atoms with Crippen LogP contribution in [0.25, 0.3) is 0 Å². The molecule has 0 aliphatic heterocycles. The van der Waals surface area contributed by atoms with Gasteiger partial charge in [-0.1, -0.05) is 0 Å². The Hall–Kier alpha value is 2.16. The van der Waals surface area contributed by atoms with Crippen molar-refractivity contribution in [1.82, 2.24) is 0 Å². The molecule has 0 aromatic heterocycles. The molecule has 12 heteroatoms. The van der Waals surface area contributed by atoms with E-state index in [-0.39, 0.29) is 59.1 Å². The first kappa shape index (κ1) is 23.8. The minimum atomic E-state index is -5.25. The summed E-state index contributed by atoms with van der Waals surface area (Å²) in [6.07, 6.45) is 0. The monoisotopic (exact) mass is 260 g/mol. The molecule has 0 unspecified atom stereocenters. The van der Waals surface area contributed by atoms with Crippen LogP contribution in [0, 0.1) is 0 Å². The molecule has 0 aliphatic rings. The average molecular weight is 260 g/mol. The Balaban J connectivity index is -0.0000000457. The van der Waals surface area contributed by atoms with Crippen molar-refractivity contribution in [2.24, 2.45) is 0 Å². The van der Waals surface area contributed by atoms with E-state index in [4.69, 9.17) is 35.2 Å². The molecule has 8 nitrogen and oxygen atoms in total. The molecule has 0 heterocycles. The van der Waals surface area contributed by atoms with E-state index in [0.717, 1.165) is 0 Å². The van der Waals surface area contributed by atoms with Crippen molar-refractivity contribution in [2.45, 2.75) is 0 Å². The zero-order valence-corrected chi connectivity index (χ0v) is 12.4. The van der Waals surface area contributed by atoms with Crippen LogP contribution in [0.1, 0.15) is 0 Å². The Kier molecular flexibility index (Phi) is 19.2. The van der Waals surface area contributed by atoms with E-state index in [1.54, 1.807) is 0 Å². The van der Waals surface area contributed by atoms with Crippen molar-refractivity contribution in [2.75, 3.05) is 0 Å². The first-order valence-electron chi connectivity index (χ1n) is 1.45. The predicted octanol–water partition coefficient (Wildman–Crippen LogP) is -9.54. The molecule has 12 heavy (non-hydrogen) atoms. The van der Waals surface area contributed by atoms with Crippen LogP contribution in [0.4, 0.5) is 0 Å².